The molecular formula is C11H13F2NO. The molecule has 4 heteroatoms. The van der Waals surface area contributed by atoms with E-state index < -0.39 is 11.6 Å². The van der Waals surface area contributed by atoms with Crippen molar-refractivity contribution < 1.29 is 13.5 Å². The lowest BCUT2D eigenvalue weighted by molar-refractivity contribution is 0.149. The maximum atomic E-state index is 13.4. The number of fused-ring (bicyclic) bond motifs is 1. The minimum atomic E-state index is -0.650. The van der Waals surface area contributed by atoms with Gasteiger partial charge in [0.15, 0.2) is 11.6 Å². The van der Waals surface area contributed by atoms with Gasteiger partial charge in [0, 0.05) is 12.1 Å². The van der Waals surface area contributed by atoms with Gasteiger partial charge in [0.1, 0.15) is 11.9 Å². The molecule has 1 aromatic carbocycles. The highest BCUT2D eigenvalue weighted by Crippen LogP contribution is 2.34. The summed E-state index contributed by atoms with van der Waals surface area (Å²) in [5.74, 6) is -0.829. The molecule has 1 N–H and O–H groups in total. The molecule has 0 amide bonds. The van der Waals surface area contributed by atoms with Gasteiger partial charge in [-0.3, -0.25) is 0 Å². The number of anilines is 1. The largest absolute Gasteiger partial charge is 0.483 e. The third-order valence-electron chi connectivity index (χ3n) is 2.51. The zero-order chi connectivity index (χ0) is 11.0. The molecule has 0 spiro atoms. The monoisotopic (exact) mass is 213 g/mol. The van der Waals surface area contributed by atoms with Gasteiger partial charge in [-0.25, -0.2) is 8.78 Å². The van der Waals surface area contributed by atoms with Crippen LogP contribution >= 0.6 is 0 Å². The maximum absolute atomic E-state index is 13.4. The molecule has 0 radical (unpaired) electrons. The molecule has 0 saturated carbocycles. The van der Waals surface area contributed by atoms with Gasteiger partial charge in [0.05, 0.1) is 12.2 Å². The summed E-state index contributed by atoms with van der Waals surface area (Å²) in [6.45, 7) is 4.57. The molecule has 0 saturated heterocycles. The summed E-state index contributed by atoms with van der Waals surface area (Å²) in [5, 5.41) is 2.97. The van der Waals surface area contributed by atoms with E-state index >= 15 is 0 Å². The Morgan fingerprint density at radius 2 is 2.13 bits per heavy atom. The summed E-state index contributed by atoms with van der Waals surface area (Å²) >= 11 is 0. The van der Waals surface area contributed by atoms with Crippen molar-refractivity contribution in [3.8, 4) is 5.75 Å². The molecule has 82 valence electrons. The van der Waals surface area contributed by atoms with Crippen LogP contribution in [0.5, 0.6) is 5.75 Å². The zero-order valence-electron chi connectivity index (χ0n) is 8.68. The first kappa shape index (κ1) is 10.2. The topological polar surface area (TPSA) is 21.3 Å². The number of hydrogen-bond donors (Lipinski definition) is 1. The fraction of sp³-hybridized carbons (Fsp3) is 0.455. The molecule has 1 aliphatic rings. The molecule has 1 aliphatic heterocycles. The Balaban J connectivity index is 2.33. The second kappa shape index (κ2) is 3.68. The average Bonchev–Trinajstić information content (AvgIpc) is 2.16. The van der Waals surface area contributed by atoms with E-state index in [9.17, 15) is 8.78 Å². The van der Waals surface area contributed by atoms with E-state index in [0.717, 1.165) is 6.07 Å². The number of nitrogens with one attached hydrogen (secondary N) is 1. The molecule has 1 heterocycles. The first-order chi connectivity index (χ1) is 7.08. The van der Waals surface area contributed by atoms with Crippen molar-refractivity contribution in [3.05, 3.63) is 23.8 Å². The summed E-state index contributed by atoms with van der Waals surface area (Å²) in [6, 6.07) is 2.08. The predicted octanol–water partition coefficient (Wildman–Crippen LogP) is 2.79. The minimum Gasteiger partial charge on any atom is -0.483 e. The SMILES string of the molecule is CC(C)C1CNc2cc(F)cc(F)c2O1. The normalized spacial score (nSPS) is 19.4. The van der Waals surface area contributed by atoms with Gasteiger partial charge in [-0.15, -0.1) is 0 Å². The Morgan fingerprint density at radius 3 is 2.80 bits per heavy atom. The van der Waals surface area contributed by atoms with Crippen molar-refractivity contribution >= 4 is 5.69 Å². The highest BCUT2D eigenvalue weighted by atomic mass is 19.1. The minimum absolute atomic E-state index is 0.0718. The molecule has 1 atom stereocenters. The van der Waals surface area contributed by atoms with E-state index in [4.69, 9.17) is 4.74 Å². The Hall–Kier alpha value is -1.32. The molecule has 0 aliphatic carbocycles. The van der Waals surface area contributed by atoms with E-state index in [2.05, 4.69) is 5.32 Å². The van der Waals surface area contributed by atoms with Crippen LogP contribution in [-0.2, 0) is 0 Å². The van der Waals surface area contributed by atoms with Crippen molar-refractivity contribution in [1.29, 1.82) is 0 Å². The third-order valence-corrected chi connectivity index (χ3v) is 2.51. The number of ether oxygens (including phenoxy) is 1. The van der Waals surface area contributed by atoms with Crippen LogP contribution in [0.25, 0.3) is 0 Å². The van der Waals surface area contributed by atoms with Gasteiger partial charge in [-0.05, 0) is 5.92 Å². The molecular weight excluding hydrogens is 200 g/mol. The lowest BCUT2D eigenvalue weighted by Gasteiger charge is -2.30. The standard InChI is InChI=1S/C11H13F2NO/c1-6(2)10-5-14-9-4-7(12)3-8(13)11(9)15-10/h3-4,6,10,14H,5H2,1-2H3. The van der Waals surface area contributed by atoms with Gasteiger partial charge in [0.2, 0.25) is 0 Å². The van der Waals surface area contributed by atoms with Gasteiger partial charge in [-0.2, -0.15) is 0 Å². The Labute approximate surface area is 87.2 Å². The van der Waals surface area contributed by atoms with Crippen LogP contribution in [0.15, 0.2) is 12.1 Å². The number of benzene rings is 1. The molecule has 2 nitrogen and oxygen atoms in total. The van der Waals surface area contributed by atoms with Crippen LogP contribution in [0.2, 0.25) is 0 Å². The fourth-order valence-electron chi connectivity index (χ4n) is 1.59. The number of rotatable bonds is 1. The zero-order valence-corrected chi connectivity index (χ0v) is 8.68. The lowest BCUT2D eigenvalue weighted by atomic mass is 10.1. The first-order valence-electron chi connectivity index (χ1n) is 4.97. The van der Waals surface area contributed by atoms with E-state index in [1.807, 2.05) is 13.8 Å². The van der Waals surface area contributed by atoms with E-state index in [1.54, 1.807) is 0 Å². The number of halogens is 2. The Bertz CT molecular complexity index is 379. The van der Waals surface area contributed by atoms with Crippen LogP contribution in [0.1, 0.15) is 13.8 Å². The van der Waals surface area contributed by atoms with Crippen molar-refractivity contribution in [2.45, 2.75) is 20.0 Å². The van der Waals surface area contributed by atoms with Crippen molar-refractivity contribution in [2.75, 3.05) is 11.9 Å². The predicted molar refractivity (Wildman–Crippen MR) is 54.1 cm³/mol. The average molecular weight is 213 g/mol. The van der Waals surface area contributed by atoms with Gasteiger partial charge in [0.25, 0.3) is 0 Å². The molecule has 1 aromatic rings. The Kier molecular flexibility index (Phi) is 2.50. The van der Waals surface area contributed by atoms with Crippen LogP contribution in [-0.4, -0.2) is 12.6 Å². The molecule has 1 unspecified atom stereocenters. The fourth-order valence-corrected chi connectivity index (χ4v) is 1.59. The lowest BCUT2D eigenvalue weighted by Crippen LogP contribution is -2.35. The summed E-state index contributed by atoms with van der Waals surface area (Å²) < 4.78 is 31.7. The summed E-state index contributed by atoms with van der Waals surface area (Å²) in [5.41, 5.74) is 0.393. The quantitative estimate of drug-likeness (QED) is 0.774. The third kappa shape index (κ3) is 1.89. The highest BCUT2D eigenvalue weighted by Gasteiger charge is 2.25. The highest BCUT2D eigenvalue weighted by molar-refractivity contribution is 5.58. The molecule has 0 bridgehead atoms. The smallest absolute Gasteiger partial charge is 0.178 e. The second-order valence-corrected chi connectivity index (χ2v) is 4.05. The van der Waals surface area contributed by atoms with Crippen LogP contribution < -0.4 is 10.1 Å². The summed E-state index contributed by atoms with van der Waals surface area (Å²) in [6.07, 6.45) is -0.0718. The van der Waals surface area contributed by atoms with E-state index in [0.29, 0.717) is 12.2 Å². The first-order valence-corrected chi connectivity index (χ1v) is 4.97. The molecule has 15 heavy (non-hydrogen) atoms. The maximum Gasteiger partial charge on any atom is 0.178 e. The second-order valence-electron chi connectivity index (χ2n) is 4.05. The van der Waals surface area contributed by atoms with E-state index in [1.165, 1.54) is 6.07 Å². The van der Waals surface area contributed by atoms with Gasteiger partial charge < -0.3 is 10.1 Å². The Morgan fingerprint density at radius 1 is 1.40 bits per heavy atom. The van der Waals surface area contributed by atoms with Gasteiger partial charge in [-0.1, -0.05) is 13.8 Å². The molecule has 0 aromatic heterocycles. The van der Waals surface area contributed by atoms with E-state index in [-0.39, 0.29) is 17.8 Å². The van der Waals surface area contributed by atoms with Crippen LogP contribution in [0.3, 0.4) is 0 Å². The summed E-state index contributed by atoms with van der Waals surface area (Å²) in [4.78, 5) is 0. The number of hydrogen-bond acceptors (Lipinski definition) is 2. The molecule has 0 fully saturated rings. The van der Waals surface area contributed by atoms with Crippen molar-refractivity contribution in [3.63, 3.8) is 0 Å². The van der Waals surface area contributed by atoms with Crippen LogP contribution in [0.4, 0.5) is 14.5 Å². The summed E-state index contributed by atoms with van der Waals surface area (Å²) in [7, 11) is 0. The van der Waals surface area contributed by atoms with Crippen molar-refractivity contribution in [2.24, 2.45) is 5.92 Å². The van der Waals surface area contributed by atoms with Gasteiger partial charge >= 0.3 is 0 Å². The molecule has 2 rings (SSSR count). The van der Waals surface area contributed by atoms with Crippen LogP contribution in [0, 0.1) is 17.6 Å². The van der Waals surface area contributed by atoms with Crippen molar-refractivity contribution in [1.82, 2.24) is 0 Å².